The Morgan fingerprint density at radius 1 is 1.39 bits per heavy atom. The number of hydrogen-bond donors (Lipinski definition) is 2. The number of benzene rings is 1. The van der Waals surface area contributed by atoms with Gasteiger partial charge in [-0.25, -0.2) is 0 Å². The molecule has 1 rings (SSSR count). The van der Waals surface area contributed by atoms with Crippen LogP contribution in [0.25, 0.3) is 0 Å². The highest BCUT2D eigenvalue weighted by Crippen LogP contribution is 2.14. The standard InChI is InChI=1S/C13H17NO4/c1-2-14-12(15)6-7-18-11-5-3-4-10(8-11)9-13(16)17/h3-5,8H,2,6-7,9H2,1H3,(H,14,15)(H,16,17). The average molecular weight is 251 g/mol. The van der Waals surface area contributed by atoms with Crippen LogP contribution >= 0.6 is 0 Å². The van der Waals surface area contributed by atoms with Crippen LogP contribution in [0.5, 0.6) is 5.75 Å². The molecule has 0 spiro atoms. The largest absolute Gasteiger partial charge is 0.493 e. The Bertz CT molecular complexity index is 417. The number of rotatable bonds is 7. The van der Waals surface area contributed by atoms with Crippen LogP contribution in [-0.4, -0.2) is 30.1 Å². The number of carbonyl (C=O) groups excluding carboxylic acids is 1. The topological polar surface area (TPSA) is 75.6 Å². The van der Waals surface area contributed by atoms with Gasteiger partial charge in [-0.05, 0) is 24.6 Å². The molecule has 1 amide bonds. The lowest BCUT2D eigenvalue weighted by molar-refractivity contribution is -0.136. The second-order valence-electron chi connectivity index (χ2n) is 3.77. The molecule has 0 saturated carbocycles. The lowest BCUT2D eigenvalue weighted by Gasteiger charge is -2.07. The van der Waals surface area contributed by atoms with Gasteiger partial charge in [0.15, 0.2) is 0 Å². The number of carboxylic acid groups (broad SMARTS) is 1. The molecule has 1 aromatic rings. The van der Waals surface area contributed by atoms with Crippen molar-refractivity contribution in [2.24, 2.45) is 0 Å². The Hall–Kier alpha value is -2.04. The van der Waals surface area contributed by atoms with Crippen LogP contribution in [0.2, 0.25) is 0 Å². The molecular formula is C13H17NO4. The summed E-state index contributed by atoms with van der Waals surface area (Å²) in [7, 11) is 0. The molecular weight excluding hydrogens is 234 g/mol. The summed E-state index contributed by atoms with van der Waals surface area (Å²) in [5, 5.41) is 11.3. The molecule has 0 unspecified atom stereocenters. The van der Waals surface area contributed by atoms with E-state index in [2.05, 4.69) is 5.32 Å². The van der Waals surface area contributed by atoms with Crippen molar-refractivity contribution in [1.29, 1.82) is 0 Å². The van der Waals surface area contributed by atoms with Crippen molar-refractivity contribution in [1.82, 2.24) is 5.32 Å². The summed E-state index contributed by atoms with van der Waals surface area (Å²) in [6.07, 6.45) is 0.254. The van der Waals surface area contributed by atoms with Crippen LogP contribution in [0.3, 0.4) is 0 Å². The predicted molar refractivity (Wildman–Crippen MR) is 66.6 cm³/mol. The van der Waals surface area contributed by atoms with Crippen molar-refractivity contribution in [2.75, 3.05) is 13.2 Å². The zero-order valence-corrected chi connectivity index (χ0v) is 10.3. The van der Waals surface area contributed by atoms with Crippen molar-refractivity contribution in [2.45, 2.75) is 19.8 Å². The monoisotopic (exact) mass is 251 g/mol. The molecule has 98 valence electrons. The maximum absolute atomic E-state index is 11.2. The molecule has 5 heteroatoms. The second-order valence-corrected chi connectivity index (χ2v) is 3.77. The van der Waals surface area contributed by atoms with E-state index in [0.29, 0.717) is 17.9 Å². The number of carbonyl (C=O) groups is 2. The van der Waals surface area contributed by atoms with Crippen molar-refractivity contribution in [3.05, 3.63) is 29.8 Å². The summed E-state index contributed by atoms with van der Waals surface area (Å²) in [6, 6.07) is 6.87. The van der Waals surface area contributed by atoms with Gasteiger partial charge in [0.05, 0.1) is 19.4 Å². The van der Waals surface area contributed by atoms with Gasteiger partial charge in [0.25, 0.3) is 0 Å². The highest BCUT2D eigenvalue weighted by atomic mass is 16.5. The van der Waals surface area contributed by atoms with E-state index in [1.165, 1.54) is 0 Å². The smallest absolute Gasteiger partial charge is 0.307 e. The molecule has 0 fully saturated rings. The van der Waals surface area contributed by atoms with E-state index >= 15 is 0 Å². The van der Waals surface area contributed by atoms with E-state index < -0.39 is 5.97 Å². The van der Waals surface area contributed by atoms with Crippen molar-refractivity contribution in [3.63, 3.8) is 0 Å². The lowest BCUT2D eigenvalue weighted by atomic mass is 10.1. The molecule has 0 aromatic heterocycles. The third-order valence-electron chi connectivity index (χ3n) is 2.23. The summed E-state index contributed by atoms with van der Waals surface area (Å²) in [5.74, 6) is -0.355. The van der Waals surface area contributed by atoms with E-state index in [-0.39, 0.29) is 25.4 Å². The second kappa shape index (κ2) is 7.32. The number of nitrogens with one attached hydrogen (secondary N) is 1. The summed E-state index contributed by atoms with van der Waals surface area (Å²) < 4.78 is 5.39. The Morgan fingerprint density at radius 2 is 2.17 bits per heavy atom. The molecule has 0 saturated heterocycles. The van der Waals surface area contributed by atoms with Crippen LogP contribution in [0, 0.1) is 0 Å². The van der Waals surface area contributed by atoms with Crippen LogP contribution in [-0.2, 0) is 16.0 Å². The molecule has 0 heterocycles. The van der Waals surface area contributed by atoms with Crippen molar-refractivity contribution in [3.8, 4) is 5.75 Å². The Balaban J connectivity index is 2.42. The van der Waals surface area contributed by atoms with E-state index in [9.17, 15) is 9.59 Å². The Kier molecular flexibility index (Phi) is 5.70. The molecule has 0 bridgehead atoms. The predicted octanol–water partition coefficient (Wildman–Crippen LogP) is 1.22. The van der Waals surface area contributed by atoms with Gasteiger partial charge in [-0.1, -0.05) is 12.1 Å². The van der Waals surface area contributed by atoms with Gasteiger partial charge in [-0.15, -0.1) is 0 Å². The molecule has 0 aliphatic carbocycles. The molecule has 0 aliphatic rings. The van der Waals surface area contributed by atoms with Gasteiger partial charge >= 0.3 is 5.97 Å². The van der Waals surface area contributed by atoms with Gasteiger partial charge in [0, 0.05) is 6.54 Å². The first kappa shape index (κ1) is 14.0. The summed E-state index contributed by atoms with van der Waals surface area (Å²) in [6.45, 7) is 2.74. The third-order valence-corrected chi connectivity index (χ3v) is 2.23. The van der Waals surface area contributed by atoms with Gasteiger partial charge < -0.3 is 15.2 Å². The van der Waals surface area contributed by atoms with Crippen molar-refractivity contribution >= 4 is 11.9 Å². The van der Waals surface area contributed by atoms with Gasteiger partial charge in [-0.3, -0.25) is 9.59 Å². The quantitative estimate of drug-likeness (QED) is 0.764. The van der Waals surface area contributed by atoms with Crippen molar-refractivity contribution < 1.29 is 19.4 Å². The van der Waals surface area contributed by atoms with E-state index in [4.69, 9.17) is 9.84 Å². The normalized spacial score (nSPS) is 9.83. The lowest BCUT2D eigenvalue weighted by Crippen LogP contribution is -2.24. The van der Waals surface area contributed by atoms with Gasteiger partial charge in [0.1, 0.15) is 5.75 Å². The molecule has 0 aliphatic heterocycles. The maximum atomic E-state index is 11.2. The molecule has 0 atom stereocenters. The zero-order valence-electron chi connectivity index (χ0n) is 10.3. The van der Waals surface area contributed by atoms with E-state index in [1.807, 2.05) is 6.92 Å². The molecule has 18 heavy (non-hydrogen) atoms. The Morgan fingerprint density at radius 3 is 2.83 bits per heavy atom. The highest BCUT2D eigenvalue weighted by Gasteiger charge is 2.03. The highest BCUT2D eigenvalue weighted by molar-refractivity contribution is 5.75. The van der Waals surface area contributed by atoms with Gasteiger partial charge in [-0.2, -0.15) is 0 Å². The van der Waals surface area contributed by atoms with Crippen LogP contribution in [0.4, 0.5) is 0 Å². The number of carboxylic acids is 1. The SMILES string of the molecule is CCNC(=O)CCOc1cccc(CC(=O)O)c1. The molecule has 2 N–H and O–H groups in total. The summed E-state index contributed by atoms with van der Waals surface area (Å²) in [4.78, 5) is 21.7. The van der Waals surface area contributed by atoms with E-state index in [0.717, 1.165) is 0 Å². The fourth-order valence-corrected chi connectivity index (χ4v) is 1.47. The summed E-state index contributed by atoms with van der Waals surface area (Å²) >= 11 is 0. The fourth-order valence-electron chi connectivity index (χ4n) is 1.47. The zero-order chi connectivity index (χ0) is 13.4. The van der Waals surface area contributed by atoms with Gasteiger partial charge in [0.2, 0.25) is 5.91 Å². The first-order chi connectivity index (χ1) is 8.61. The minimum atomic E-state index is -0.880. The minimum Gasteiger partial charge on any atom is -0.493 e. The molecule has 1 aromatic carbocycles. The first-order valence-corrected chi connectivity index (χ1v) is 5.82. The van der Waals surface area contributed by atoms with Crippen LogP contribution < -0.4 is 10.1 Å². The maximum Gasteiger partial charge on any atom is 0.307 e. The number of amides is 1. The Labute approximate surface area is 106 Å². The van der Waals surface area contributed by atoms with Crippen LogP contribution in [0.1, 0.15) is 18.9 Å². The fraction of sp³-hybridized carbons (Fsp3) is 0.385. The number of hydrogen-bond acceptors (Lipinski definition) is 3. The minimum absolute atomic E-state index is 0.0342. The first-order valence-electron chi connectivity index (χ1n) is 5.82. The van der Waals surface area contributed by atoms with E-state index in [1.54, 1.807) is 24.3 Å². The number of aliphatic carboxylic acids is 1. The molecule has 5 nitrogen and oxygen atoms in total. The third kappa shape index (κ3) is 5.34. The number of ether oxygens (including phenoxy) is 1. The van der Waals surface area contributed by atoms with Crippen LogP contribution in [0.15, 0.2) is 24.3 Å². The molecule has 0 radical (unpaired) electrons. The summed E-state index contributed by atoms with van der Waals surface area (Å²) in [5.41, 5.74) is 0.679. The average Bonchev–Trinajstić information content (AvgIpc) is 2.29.